The van der Waals surface area contributed by atoms with Crippen LogP contribution in [0.25, 0.3) is 0 Å². The smallest absolute Gasteiger partial charge is 0.197 e. The van der Waals surface area contributed by atoms with Crippen molar-refractivity contribution in [2.75, 3.05) is 0 Å². The molecular weight excluding hydrogens is 126 g/mol. The van der Waals surface area contributed by atoms with Gasteiger partial charge < -0.3 is 4.42 Å². The van der Waals surface area contributed by atoms with E-state index in [1.807, 2.05) is 0 Å². The third-order valence-corrected chi connectivity index (χ3v) is 2.22. The molecule has 0 radical (unpaired) electrons. The van der Waals surface area contributed by atoms with Crippen LogP contribution >= 0.6 is 0 Å². The van der Waals surface area contributed by atoms with Crippen molar-refractivity contribution in [3.8, 4) is 0 Å². The van der Waals surface area contributed by atoms with Crippen molar-refractivity contribution in [1.29, 1.82) is 0 Å². The quantitative estimate of drug-likeness (QED) is 0.624. The molecule has 1 aliphatic rings. The summed E-state index contributed by atoms with van der Waals surface area (Å²) in [4.78, 5) is 4.11. The predicted octanol–water partition coefficient (Wildman–Crippen LogP) is 2.19. The van der Waals surface area contributed by atoms with E-state index in [0.29, 0.717) is 5.92 Å². The molecule has 1 aromatic rings. The van der Waals surface area contributed by atoms with Gasteiger partial charge in [0.05, 0.1) is 6.20 Å². The number of hydrogen-bond donors (Lipinski definition) is 0. The Morgan fingerprint density at radius 1 is 1.80 bits per heavy atom. The normalized spacial score (nSPS) is 30.5. The van der Waals surface area contributed by atoms with Gasteiger partial charge in [-0.25, -0.2) is 4.98 Å². The Labute approximate surface area is 60.3 Å². The zero-order valence-electron chi connectivity index (χ0n) is 6.08. The zero-order valence-corrected chi connectivity index (χ0v) is 6.08. The van der Waals surface area contributed by atoms with Crippen LogP contribution in [0.1, 0.15) is 31.6 Å². The first-order chi connectivity index (χ1) is 4.92. The summed E-state index contributed by atoms with van der Waals surface area (Å²) in [5, 5.41) is 0. The average Bonchev–Trinajstić information content (AvgIpc) is 2.56. The third-order valence-electron chi connectivity index (χ3n) is 2.22. The van der Waals surface area contributed by atoms with Crippen molar-refractivity contribution < 1.29 is 4.42 Å². The summed E-state index contributed by atoms with van der Waals surface area (Å²) in [7, 11) is 0. The maximum atomic E-state index is 5.18. The van der Waals surface area contributed by atoms with E-state index >= 15 is 0 Å². The highest BCUT2D eigenvalue weighted by molar-refractivity contribution is 5.06. The molecular formula is C8H11NO. The Bertz CT molecular complexity index is 205. The van der Waals surface area contributed by atoms with Gasteiger partial charge in [0, 0.05) is 5.92 Å². The first-order valence-electron chi connectivity index (χ1n) is 3.81. The fraction of sp³-hybridized carbons (Fsp3) is 0.625. The Balaban J connectivity index is 2.05. The first-order valence-corrected chi connectivity index (χ1v) is 3.81. The van der Waals surface area contributed by atoms with Crippen LogP contribution in [0.3, 0.4) is 0 Å². The molecule has 1 heterocycles. The van der Waals surface area contributed by atoms with Gasteiger partial charge >= 0.3 is 0 Å². The van der Waals surface area contributed by atoms with Crippen molar-refractivity contribution in [1.82, 2.24) is 4.98 Å². The van der Waals surface area contributed by atoms with Gasteiger partial charge in [-0.2, -0.15) is 0 Å². The van der Waals surface area contributed by atoms with Crippen molar-refractivity contribution in [2.24, 2.45) is 5.92 Å². The molecule has 1 saturated carbocycles. The first kappa shape index (κ1) is 5.96. The highest BCUT2D eigenvalue weighted by Gasteiger charge is 2.39. The molecule has 0 spiro atoms. The molecule has 1 aromatic heterocycles. The van der Waals surface area contributed by atoms with Crippen LogP contribution in [0.5, 0.6) is 0 Å². The van der Waals surface area contributed by atoms with Crippen molar-refractivity contribution in [3.05, 3.63) is 18.4 Å². The number of oxazole rings is 1. The van der Waals surface area contributed by atoms with Gasteiger partial charge in [0.1, 0.15) is 6.26 Å². The fourth-order valence-electron chi connectivity index (χ4n) is 1.42. The zero-order chi connectivity index (χ0) is 6.97. The highest BCUT2D eigenvalue weighted by atomic mass is 16.3. The molecule has 0 N–H and O–H groups in total. The summed E-state index contributed by atoms with van der Waals surface area (Å²) in [6.07, 6.45) is 5.91. The Morgan fingerprint density at radius 2 is 2.70 bits per heavy atom. The molecule has 2 heteroatoms. The number of hydrogen-bond acceptors (Lipinski definition) is 2. The molecule has 1 aliphatic carbocycles. The maximum absolute atomic E-state index is 5.18. The molecule has 0 saturated heterocycles. The number of rotatable bonds is 2. The Hall–Kier alpha value is -0.790. The van der Waals surface area contributed by atoms with Gasteiger partial charge in [0.2, 0.25) is 0 Å². The van der Waals surface area contributed by atoms with Gasteiger partial charge in [0.25, 0.3) is 0 Å². The van der Waals surface area contributed by atoms with E-state index in [2.05, 4.69) is 11.9 Å². The minimum atomic E-state index is 0.639. The Morgan fingerprint density at radius 3 is 3.20 bits per heavy atom. The SMILES string of the molecule is CCC1CC1c1ncco1. The van der Waals surface area contributed by atoms with Crippen LogP contribution in [0.2, 0.25) is 0 Å². The van der Waals surface area contributed by atoms with Gasteiger partial charge in [-0.1, -0.05) is 13.3 Å². The van der Waals surface area contributed by atoms with E-state index in [-0.39, 0.29) is 0 Å². The topological polar surface area (TPSA) is 26.0 Å². The number of aromatic nitrogens is 1. The largest absolute Gasteiger partial charge is 0.449 e. The second-order valence-corrected chi connectivity index (χ2v) is 2.88. The molecule has 2 atom stereocenters. The van der Waals surface area contributed by atoms with Crippen LogP contribution in [0, 0.1) is 5.92 Å². The lowest BCUT2D eigenvalue weighted by Crippen LogP contribution is -1.80. The van der Waals surface area contributed by atoms with Crippen molar-refractivity contribution >= 4 is 0 Å². The van der Waals surface area contributed by atoms with Gasteiger partial charge in [-0.15, -0.1) is 0 Å². The summed E-state index contributed by atoms with van der Waals surface area (Å²) in [5.74, 6) is 2.42. The molecule has 0 amide bonds. The second kappa shape index (κ2) is 2.11. The second-order valence-electron chi connectivity index (χ2n) is 2.88. The molecule has 54 valence electrons. The van der Waals surface area contributed by atoms with Crippen LogP contribution in [0.15, 0.2) is 16.9 Å². The van der Waals surface area contributed by atoms with Crippen LogP contribution in [-0.4, -0.2) is 4.98 Å². The Kier molecular flexibility index (Phi) is 1.26. The maximum Gasteiger partial charge on any atom is 0.197 e. The molecule has 2 rings (SSSR count). The average molecular weight is 137 g/mol. The van der Waals surface area contributed by atoms with E-state index in [9.17, 15) is 0 Å². The van der Waals surface area contributed by atoms with Gasteiger partial charge in [0.15, 0.2) is 5.89 Å². The molecule has 0 bridgehead atoms. The molecule has 2 unspecified atom stereocenters. The summed E-state index contributed by atoms with van der Waals surface area (Å²) in [5.41, 5.74) is 0. The summed E-state index contributed by atoms with van der Waals surface area (Å²) in [6.45, 7) is 2.22. The summed E-state index contributed by atoms with van der Waals surface area (Å²) < 4.78 is 5.18. The van der Waals surface area contributed by atoms with E-state index in [1.54, 1.807) is 12.5 Å². The van der Waals surface area contributed by atoms with Crippen LogP contribution < -0.4 is 0 Å². The summed E-state index contributed by atoms with van der Waals surface area (Å²) >= 11 is 0. The fourth-order valence-corrected chi connectivity index (χ4v) is 1.42. The molecule has 1 fully saturated rings. The minimum Gasteiger partial charge on any atom is -0.449 e. The lowest BCUT2D eigenvalue weighted by atomic mass is 10.2. The van der Waals surface area contributed by atoms with E-state index in [4.69, 9.17) is 4.42 Å². The monoisotopic (exact) mass is 137 g/mol. The van der Waals surface area contributed by atoms with E-state index in [1.165, 1.54) is 12.8 Å². The lowest BCUT2D eigenvalue weighted by molar-refractivity contribution is 0.487. The standard InChI is InChI=1S/C8H11NO/c1-2-6-5-7(6)8-9-3-4-10-8/h3-4,6-7H,2,5H2,1H3. The number of nitrogens with zero attached hydrogens (tertiary/aromatic N) is 1. The van der Waals surface area contributed by atoms with Crippen molar-refractivity contribution in [3.63, 3.8) is 0 Å². The lowest BCUT2D eigenvalue weighted by Gasteiger charge is -1.87. The van der Waals surface area contributed by atoms with Crippen LogP contribution in [-0.2, 0) is 0 Å². The van der Waals surface area contributed by atoms with E-state index in [0.717, 1.165) is 11.8 Å². The van der Waals surface area contributed by atoms with Gasteiger partial charge in [-0.3, -0.25) is 0 Å². The molecule has 0 aromatic carbocycles. The summed E-state index contributed by atoms with van der Waals surface area (Å²) in [6, 6.07) is 0. The molecule has 10 heavy (non-hydrogen) atoms. The van der Waals surface area contributed by atoms with Gasteiger partial charge in [-0.05, 0) is 12.3 Å². The molecule has 0 aliphatic heterocycles. The molecule has 2 nitrogen and oxygen atoms in total. The van der Waals surface area contributed by atoms with E-state index < -0.39 is 0 Å². The predicted molar refractivity (Wildman–Crippen MR) is 37.6 cm³/mol. The highest BCUT2D eigenvalue weighted by Crippen LogP contribution is 2.48. The van der Waals surface area contributed by atoms with Crippen LogP contribution in [0.4, 0.5) is 0 Å². The third kappa shape index (κ3) is 0.838. The van der Waals surface area contributed by atoms with Crippen molar-refractivity contribution in [2.45, 2.75) is 25.7 Å². The minimum absolute atomic E-state index is 0.639.